The van der Waals surface area contributed by atoms with Crippen LogP contribution < -0.4 is 10.5 Å². The summed E-state index contributed by atoms with van der Waals surface area (Å²) in [5, 5.41) is 0. The van der Waals surface area contributed by atoms with Crippen LogP contribution in [0.2, 0.25) is 0 Å². The molecule has 0 fully saturated rings. The van der Waals surface area contributed by atoms with Crippen molar-refractivity contribution in [2.45, 2.75) is 12.7 Å². The lowest BCUT2D eigenvalue weighted by atomic mass is 10.2. The summed E-state index contributed by atoms with van der Waals surface area (Å²) in [5.74, 6) is 0.552. The van der Waals surface area contributed by atoms with Crippen LogP contribution >= 0.6 is 15.9 Å². The van der Waals surface area contributed by atoms with Crippen LogP contribution in [0.4, 0.5) is 13.2 Å². The Morgan fingerprint density at radius 3 is 2.56 bits per heavy atom. The van der Waals surface area contributed by atoms with Crippen molar-refractivity contribution in [3.05, 3.63) is 28.2 Å². The van der Waals surface area contributed by atoms with Crippen molar-refractivity contribution in [3.8, 4) is 5.75 Å². The third-order valence-electron chi connectivity index (χ3n) is 1.99. The van der Waals surface area contributed by atoms with Gasteiger partial charge in [0, 0.05) is 16.6 Å². The van der Waals surface area contributed by atoms with Crippen LogP contribution in [0.5, 0.6) is 5.75 Å². The van der Waals surface area contributed by atoms with Gasteiger partial charge in [-0.05, 0) is 18.2 Å². The van der Waals surface area contributed by atoms with Gasteiger partial charge < -0.3 is 15.2 Å². The molecule has 0 radical (unpaired) electrons. The van der Waals surface area contributed by atoms with Crippen LogP contribution in [-0.4, -0.2) is 26.0 Å². The van der Waals surface area contributed by atoms with E-state index in [0.717, 1.165) is 10.0 Å². The molecule has 102 valence electrons. The molecule has 3 nitrogen and oxygen atoms in total. The van der Waals surface area contributed by atoms with Gasteiger partial charge in [0.2, 0.25) is 0 Å². The third kappa shape index (κ3) is 5.70. The summed E-state index contributed by atoms with van der Waals surface area (Å²) in [6.45, 7) is -1.05. The van der Waals surface area contributed by atoms with E-state index < -0.39 is 12.8 Å². The number of hydrogen-bond acceptors (Lipinski definition) is 3. The van der Waals surface area contributed by atoms with Gasteiger partial charge in [0.1, 0.15) is 19.0 Å². The molecule has 0 aliphatic rings. The molecule has 18 heavy (non-hydrogen) atoms. The lowest BCUT2D eigenvalue weighted by Crippen LogP contribution is -2.19. The van der Waals surface area contributed by atoms with Gasteiger partial charge in [-0.1, -0.05) is 15.9 Å². The van der Waals surface area contributed by atoms with E-state index in [1.165, 1.54) is 0 Å². The first-order valence-electron chi connectivity index (χ1n) is 5.18. The van der Waals surface area contributed by atoms with E-state index in [0.29, 0.717) is 5.75 Å². The zero-order valence-corrected chi connectivity index (χ0v) is 11.1. The van der Waals surface area contributed by atoms with Crippen molar-refractivity contribution in [2.75, 3.05) is 19.8 Å². The van der Waals surface area contributed by atoms with Gasteiger partial charge in [-0.3, -0.25) is 0 Å². The van der Waals surface area contributed by atoms with E-state index in [-0.39, 0.29) is 19.8 Å². The molecular weight excluding hydrogens is 315 g/mol. The first kappa shape index (κ1) is 15.3. The number of rotatable bonds is 6. The largest absolute Gasteiger partial charge is 0.491 e. The van der Waals surface area contributed by atoms with Crippen molar-refractivity contribution in [1.29, 1.82) is 0 Å². The average molecular weight is 328 g/mol. The summed E-state index contributed by atoms with van der Waals surface area (Å²) in [6.07, 6.45) is -4.31. The second-order valence-corrected chi connectivity index (χ2v) is 4.39. The Kier molecular flexibility index (Phi) is 5.90. The maximum absolute atomic E-state index is 11.8. The summed E-state index contributed by atoms with van der Waals surface area (Å²) in [7, 11) is 0. The number of alkyl halides is 3. The molecule has 0 aromatic heterocycles. The molecule has 1 aromatic carbocycles. The van der Waals surface area contributed by atoms with Crippen LogP contribution in [0.3, 0.4) is 0 Å². The van der Waals surface area contributed by atoms with Crippen molar-refractivity contribution >= 4 is 15.9 Å². The molecule has 0 bridgehead atoms. The standard InChI is InChI=1S/C11H13BrF3NO2/c12-9-1-2-10(8(5-9)6-16)18-4-3-17-7-11(13,14)15/h1-2,5H,3-4,6-7,16H2. The molecule has 7 heteroatoms. The molecule has 1 rings (SSSR count). The van der Waals surface area contributed by atoms with Gasteiger partial charge in [-0.25, -0.2) is 0 Å². The highest BCUT2D eigenvalue weighted by atomic mass is 79.9. The van der Waals surface area contributed by atoms with Gasteiger partial charge in [0.05, 0.1) is 6.61 Å². The summed E-state index contributed by atoms with van der Waals surface area (Å²) in [6, 6.07) is 5.27. The number of ether oxygens (including phenoxy) is 2. The monoisotopic (exact) mass is 327 g/mol. The molecule has 0 heterocycles. The van der Waals surface area contributed by atoms with E-state index in [2.05, 4.69) is 20.7 Å². The fourth-order valence-corrected chi connectivity index (χ4v) is 1.66. The summed E-state index contributed by atoms with van der Waals surface area (Å²) < 4.78 is 45.9. The van der Waals surface area contributed by atoms with Crippen molar-refractivity contribution in [2.24, 2.45) is 5.73 Å². The quantitative estimate of drug-likeness (QED) is 0.817. The first-order valence-corrected chi connectivity index (χ1v) is 5.97. The Morgan fingerprint density at radius 2 is 1.94 bits per heavy atom. The molecule has 0 saturated carbocycles. The minimum absolute atomic E-state index is 0.0463. The molecule has 0 atom stereocenters. The summed E-state index contributed by atoms with van der Waals surface area (Å²) in [5.41, 5.74) is 6.30. The van der Waals surface area contributed by atoms with Crippen LogP contribution in [0.1, 0.15) is 5.56 Å². The lowest BCUT2D eigenvalue weighted by Gasteiger charge is -2.11. The smallest absolute Gasteiger partial charge is 0.411 e. The first-order chi connectivity index (χ1) is 8.42. The minimum Gasteiger partial charge on any atom is -0.491 e. The second kappa shape index (κ2) is 6.96. The third-order valence-corrected chi connectivity index (χ3v) is 2.49. The molecule has 0 spiro atoms. The van der Waals surface area contributed by atoms with Gasteiger partial charge in [0.25, 0.3) is 0 Å². The molecule has 0 aliphatic carbocycles. The normalized spacial score (nSPS) is 11.6. The predicted octanol–water partition coefficient (Wildman–Crippen LogP) is 2.87. The average Bonchev–Trinajstić information content (AvgIpc) is 2.28. The predicted molar refractivity (Wildman–Crippen MR) is 64.4 cm³/mol. The van der Waals surface area contributed by atoms with Gasteiger partial charge in [0.15, 0.2) is 0 Å². The SMILES string of the molecule is NCc1cc(Br)ccc1OCCOCC(F)(F)F. The lowest BCUT2D eigenvalue weighted by molar-refractivity contribution is -0.175. The highest BCUT2D eigenvalue weighted by Crippen LogP contribution is 2.22. The maximum Gasteiger partial charge on any atom is 0.411 e. The second-order valence-electron chi connectivity index (χ2n) is 3.47. The molecule has 0 amide bonds. The van der Waals surface area contributed by atoms with Crippen molar-refractivity contribution < 1.29 is 22.6 Å². The van der Waals surface area contributed by atoms with E-state index in [4.69, 9.17) is 10.5 Å². The van der Waals surface area contributed by atoms with E-state index in [1.54, 1.807) is 18.2 Å². The highest BCUT2D eigenvalue weighted by Gasteiger charge is 2.27. The number of hydrogen-bond donors (Lipinski definition) is 1. The van der Waals surface area contributed by atoms with E-state index in [1.807, 2.05) is 0 Å². The van der Waals surface area contributed by atoms with E-state index in [9.17, 15) is 13.2 Å². The van der Waals surface area contributed by atoms with Crippen LogP contribution in [0.15, 0.2) is 22.7 Å². The Bertz CT molecular complexity index is 385. The zero-order valence-electron chi connectivity index (χ0n) is 9.47. The summed E-state index contributed by atoms with van der Waals surface area (Å²) >= 11 is 3.29. The number of nitrogens with two attached hydrogens (primary N) is 1. The Labute approximate surface area is 111 Å². The van der Waals surface area contributed by atoms with Crippen LogP contribution in [0.25, 0.3) is 0 Å². The minimum atomic E-state index is -4.31. The molecule has 2 N–H and O–H groups in total. The van der Waals surface area contributed by atoms with Gasteiger partial charge in [-0.2, -0.15) is 13.2 Å². The molecule has 0 aliphatic heterocycles. The Morgan fingerprint density at radius 1 is 1.22 bits per heavy atom. The van der Waals surface area contributed by atoms with Crippen molar-refractivity contribution in [1.82, 2.24) is 0 Å². The zero-order chi connectivity index (χ0) is 13.6. The molecular formula is C11H13BrF3NO2. The Balaban J connectivity index is 2.35. The molecule has 1 aromatic rings. The van der Waals surface area contributed by atoms with Gasteiger partial charge >= 0.3 is 6.18 Å². The number of benzene rings is 1. The number of halogens is 4. The van der Waals surface area contributed by atoms with Crippen molar-refractivity contribution in [3.63, 3.8) is 0 Å². The van der Waals surface area contributed by atoms with E-state index >= 15 is 0 Å². The fraction of sp³-hybridized carbons (Fsp3) is 0.455. The van der Waals surface area contributed by atoms with Crippen LogP contribution in [0, 0.1) is 0 Å². The summed E-state index contributed by atoms with van der Waals surface area (Å²) in [4.78, 5) is 0. The Hall–Kier alpha value is -0.790. The fourth-order valence-electron chi connectivity index (χ4n) is 1.25. The van der Waals surface area contributed by atoms with Crippen LogP contribution in [-0.2, 0) is 11.3 Å². The topological polar surface area (TPSA) is 44.5 Å². The highest BCUT2D eigenvalue weighted by molar-refractivity contribution is 9.10. The maximum atomic E-state index is 11.8. The molecule has 0 unspecified atom stereocenters. The molecule has 0 saturated heterocycles. The van der Waals surface area contributed by atoms with Gasteiger partial charge in [-0.15, -0.1) is 0 Å².